The minimum Gasteiger partial charge on any atom is -0.381 e. The number of amides is 1. The molecule has 3 rings (SSSR count). The summed E-state index contributed by atoms with van der Waals surface area (Å²) in [5.41, 5.74) is 1.09. The molecular weight excluding hydrogens is 412 g/mol. The molecule has 1 aliphatic heterocycles. The summed E-state index contributed by atoms with van der Waals surface area (Å²) in [5, 5.41) is 11.0. The van der Waals surface area contributed by atoms with Crippen LogP contribution in [-0.4, -0.2) is 50.8 Å². The lowest BCUT2D eigenvalue weighted by atomic mass is 9.74. The van der Waals surface area contributed by atoms with Crippen LogP contribution in [0.2, 0.25) is 5.02 Å². The Bertz CT molecular complexity index is 762. The quantitative estimate of drug-likeness (QED) is 0.458. The molecule has 2 aliphatic rings. The van der Waals surface area contributed by atoms with Gasteiger partial charge in [-0.25, -0.2) is 0 Å². The van der Waals surface area contributed by atoms with E-state index < -0.39 is 0 Å². The van der Waals surface area contributed by atoms with Crippen LogP contribution in [0.1, 0.15) is 57.9 Å². The standard InChI is InChI=1S/C24H37ClN4O2/c1-17(2)28-22(30)18-7-6-8-19(15-18)29-23(26-3)27-16-24(11-13-31-14-12-24)20-9-4-5-10-21(20)25/h4-5,9-10,17-19H,6-8,11-16H2,1-3H3,(H,28,30)(H2,26,27,29). The second-order valence-electron chi connectivity index (χ2n) is 9.17. The van der Waals surface area contributed by atoms with Crippen molar-refractivity contribution in [2.75, 3.05) is 26.8 Å². The lowest BCUT2D eigenvalue weighted by Crippen LogP contribution is -2.51. The van der Waals surface area contributed by atoms with E-state index in [-0.39, 0.29) is 29.3 Å². The van der Waals surface area contributed by atoms with E-state index in [0.717, 1.165) is 69.3 Å². The van der Waals surface area contributed by atoms with Crippen LogP contribution in [0.4, 0.5) is 0 Å². The minimum absolute atomic E-state index is 0.0664. The van der Waals surface area contributed by atoms with Gasteiger partial charge in [0.25, 0.3) is 0 Å². The van der Waals surface area contributed by atoms with Crippen LogP contribution in [0, 0.1) is 5.92 Å². The highest BCUT2D eigenvalue weighted by Crippen LogP contribution is 2.38. The van der Waals surface area contributed by atoms with Gasteiger partial charge in [-0.2, -0.15) is 0 Å². The average molecular weight is 449 g/mol. The first-order valence-electron chi connectivity index (χ1n) is 11.5. The number of ether oxygens (including phenoxy) is 1. The van der Waals surface area contributed by atoms with E-state index in [9.17, 15) is 4.79 Å². The largest absolute Gasteiger partial charge is 0.381 e. The first-order chi connectivity index (χ1) is 14.9. The van der Waals surface area contributed by atoms with Gasteiger partial charge in [-0.1, -0.05) is 36.2 Å². The predicted molar refractivity (Wildman–Crippen MR) is 127 cm³/mol. The van der Waals surface area contributed by atoms with Crippen LogP contribution in [0.25, 0.3) is 0 Å². The van der Waals surface area contributed by atoms with E-state index in [1.807, 2.05) is 26.0 Å². The summed E-state index contributed by atoms with van der Waals surface area (Å²) < 4.78 is 5.65. The summed E-state index contributed by atoms with van der Waals surface area (Å²) in [4.78, 5) is 16.9. The van der Waals surface area contributed by atoms with E-state index in [1.54, 1.807) is 7.05 Å². The third kappa shape index (κ3) is 6.36. The van der Waals surface area contributed by atoms with E-state index >= 15 is 0 Å². The van der Waals surface area contributed by atoms with Crippen molar-refractivity contribution in [3.63, 3.8) is 0 Å². The van der Waals surface area contributed by atoms with Gasteiger partial charge in [0.05, 0.1) is 0 Å². The fourth-order valence-electron chi connectivity index (χ4n) is 4.80. The number of nitrogens with one attached hydrogen (secondary N) is 3. The van der Waals surface area contributed by atoms with Gasteiger partial charge in [-0.3, -0.25) is 9.79 Å². The summed E-state index contributed by atoms with van der Waals surface area (Å²) in [7, 11) is 1.80. The lowest BCUT2D eigenvalue weighted by Gasteiger charge is -2.39. The summed E-state index contributed by atoms with van der Waals surface area (Å²) >= 11 is 6.58. The van der Waals surface area contributed by atoms with Crippen LogP contribution >= 0.6 is 11.6 Å². The third-order valence-corrected chi connectivity index (χ3v) is 6.86. The summed E-state index contributed by atoms with van der Waals surface area (Å²) in [6, 6.07) is 8.54. The molecule has 0 aromatic heterocycles. The van der Waals surface area contributed by atoms with Crippen molar-refractivity contribution < 1.29 is 9.53 Å². The molecule has 7 heteroatoms. The van der Waals surface area contributed by atoms with Gasteiger partial charge in [0, 0.05) is 55.2 Å². The van der Waals surface area contributed by atoms with E-state index in [1.165, 1.54) is 5.56 Å². The highest BCUT2D eigenvalue weighted by molar-refractivity contribution is 6.31. The molecule has 31 heavy (non-hydrogen) atoms. The van der Waals surface area contributed by atoms with Crippen molar-refractivity contribution in [3.8, 4) is 0 Å². The molecule has 172 valence electrons. The van der Waals surface area contributed by atoms with Crippen molar-refractivity contribution in [2.45, 2.75) is 69.9 Å². The van der Waals surface area contributed by atoms with Gasteiger partial charge in [-0.05, 0) is 57.6 Å². The second-order valence-corrected chi connectivity index (χ2v) is 9.57. The molecule has 3 N–H and O–H groups in total. The van der Waals surface area contributed by atoms with E-state index in [4.69, 9.17) is 16.3 Å². The Hall–Kier alpha value is -1.79. The fraction of sp³-hybridized carbons (Fsp3) is 0.667. The van der Waals surface area contributed by atoms with Gasteiger partial charge in [0.1, 0.15) is 0 Å². The van der Waals surface area contributed by atoms with Crippen LogP contribution in [0.5, 0.6) is 0 Å². The summed E-state index contributed by atoms with van der Waals surface area (Å²) in [5.74, 6) is 1.02. The molecule has 1 heterocycles. The topological polar surface area (TPSA) is 74.8 Å². The smallest absolute Gasteiger partial charge is 0.223 e. The molecule has 0 spiro atoms. The number of carbonyl (C=O) groups excluding carboxylic acids is 1. The Balaban J connectivity index is 1.62. The Kier molecular flexibility index (Phi) is 8.61. The van der Waals surface area contributed by atoms with E-state index in [2.05, 4.69) is 33.1 Å². The molecule has 1 aromatic carbocycles. The van der Waals surface area contributed by atoms with Gasteiger partial charge in [0.15, 0.2) is 5.96 Å². The maximum absolute atomic E-state index is 12.5. The molecule has 0 bridgehead atoms. The first-order valence-corrected chi connectivity index (χ1v) is 11.9. The highest BCUT2D eigenvalue weighted by Gasteiger charge is 2.36. The Morgan fingerprint density at radius 3 is 2.68 bits per heavy atom. The molecule has 1 saturated carbocycles. The number of hydrogen-bond acceptors (Lipinski definition) is 3. The predicted octanol–water partition coefficient (Wildman–Crippen LogP) is 3.64. The Morgan fingerprint density at radius 1 is 1.26 bits per heavy atom. The maximum atomic E-state index is 12.5. The van der Waals surface area contributed by atoms with Crippen molar-refractivity contribution >= 4 is 23.5 Å². The molecule has 0 radical (unpaired) electrons. The zero-order valence-corrected chi connectivity index (χ0v) is 19.8. The Morgan fingerprint density at radius 2 is 2.00 bits per heavy atom. The average Bonchev–Trinajstić information content (AvgIpc) is 2.77. The fourth-order valence-corrected chi connectivity index (χ4v) is 5.13. The van der Waals surface area contributed by atoms with Crippen molar-refractivity contribution in [1.29, 1.82) is 0 Å². The number of nitrogens with zero attached hydrogens (tertiary/aromatic N) is 1. The van der Waals surface area contributed by atoms with Crippen LogP contribution in [0.3, 0.4) is 0 Å². The molecule has 2 atom stereocenters. The normalized spacial score (nSPS) is 24.0. The van der Waals surface area contributed by atoms with Crippen LogP contribution in [-0.2, 0) is 14.9 Å². The van der Waals surface area contributed by atoms with E-state index in [0.29, 0.717) is 0 Å². The minimum atomic E-state index is -0.0829. The third-order valence-electron chi connectivity index (χ3n) is 6.53. The summed E-state index contributed by atoms with van der Waals surface area (Å²) in [6.07, 6.45) is 5.73. The molecule has 1 saturated heterocycles. The molecular formula is C24H37ClN4O2. The van der Waals surface area contributed by atoms with Crippen LogP contribution in [0.15, 0.2) is 29.3 Å². The lowest BCUT2D eigenvalue weighted by molar-refractivity contribution is -0.126. The maximum Gasteiger partial charge on any atom is 0.223 e. The molecule has 1 aliphatic carbocycles. The molecule has 2 unspecified atom stereocenters. The molecule has 1 aromatic rings. The monoisotopic (exact) mass is 448 g/mol. The van der Waals surface area contributed by atoms with Crippen molar-refractivity contribution in [1.82, 2.24) is 16.0 Å². The number of guanidine groups is 1. The number of rotatable bonds is 6. The van der Waals surface area contributed by atoms with Crippen LogP contribution < -0.4 is 16.0 Å². The van der Waals surface area contributed by atoms with Gasteiger partial charge in [-0.15, -0.1) is 0 Å². The number of halogens is 1. The number of hydrogen-bond donors (Lipinski definition) is 3. The second kappa shape index (κ2) is 11.2. The van der Waals surface area contributed by atoms with Gasteiger partial charge in [0.2, 0.25) is 5.91 Å². The molecule has 6 nitrogen and oxygen atoms in total. The van der Waals surface area contributed by atoms with Crippen molar-refractivity contribution in [2.24, 2.45) is 10.9 Å². The van der Waals surface area contributed by atoms with Gasteiger partial charge < -0.3 is 20.7 Å². The van der Waals surface area contributed by atoms with Crippen molar-refractivity contribution in [3.05, 3.63) is 34.9 Å². The number of benzene rings is 1. The Labute approximate surface area is 191 Å². The zero-order valence-electron chi connectivity index (χ0n) is 19.0. The highest BCUT2D eigenvalue weighted by atomic mass is 35.5. The zero-order chi connectivity index (χ0) is 22.3. The molecule has 2 fully saturated rings. The SMILES string of the molecule is CN=C(NCC1(c2ccccc2Cl)CCOCC1)NC1CCCC(C(=O)NC(C)C)C1. The summed E-state index contributed by atoms with van der Waals surface area (Å²) in [6.45, 7) is 6.22. The number of carbonyl (C=O) groups is 1. The van der Waals surface area contributed by atoms with Gasteiger partial charge >= 0.3 is 0 Å². The molecule has 1 amide bonds. The first kappa shape index (κ1) is 23.9. The number of aliphatic imine (C=N–C) groups is 1.